The molecule has 0 heterocycles. The van der Waals surface area contributed by atoms with E-state index in [4.69, 9.17) is 4.74 Å². The summed E-state index contributed by atoms with van der Waals surface area (Å²) < 4.78 is 5.21. The highest BCUT2D eigenvalue weighted by Crippen LogP contribution is 2.29. The van der Waals surface area contributed by atoms with Gasteiger partial charge in [-0.1, -0.05) is 56.0 Å². The molecule has 0 aromatic heterocycles. The SMILES string of the molecule is CN(C(=O)OCc1ccccc1)C(CC1CCCC1)C(=O)O. The van der Waals surface area contributed by atoms with E-state index < -0.39 is 18.1 Å². The molecule has 1 unspecified atom stereocenters. The van der Waals surface area contributed by atoms with Gasteiger partial charge in [0.05, 0.1) is 0 Å². The molecule has 120 valence electrons. The van der Waals surface area contributed by atoms with Crippen LogP contribution in [0.15, 0.2) is 30.3 Å². The van der Waals surface area contributed by atoms with Gasteiger partial charge >= 0.3 is 12.1 Å². The molecule has 1 aromatic rings. The molecule has 1 amide bonds. The quantitative estimate of drug-likeness (QED) is 0.875. The molecule has 1 atom stereocenters. The van der Waals surface area contributed by atoms with Gasteiger partial charge in [0.15, 0.2) is 0 Å². The van der Waals surface area contributed by atoms with E-state index in [1.807, 2.05) is 30.3 Å². The van der Waals surface area contributed by atoms with Crippen molar-refractivity contribution >= 4 is 12.1 Å². The minimum Gasteiger partial charge on any atom is -0.480 e. The molecule has 1 fully saturated rings. The van der Waals surface area contributed by atoms with Crippen LogP contribution in [0.3, 0.4) is 0 Å². The predicted molar refractivity (Wildman–Crippen MR) is 82.4 cm³/mol. The van der Waals surface area contributed by atoms with Crippen molar-refractivity contribution in [1.29, 1.82) is 0 Å². The van der Waals surface area contributed by atoms with Gasteiger partial charge in [-0.05, 0) is 17.9 Å². The first-order valence-electron chi connectivity index (χ1n) is 7.74. The Bertz CT molecular complexity index is 497. The molecule has 22 heavy (non-hydrogen) atoms. The van der Waals surface area contributed by atoms with Crippen molar-refractivity contribution in [2.45, 2.75) is 44.8 Å². The number of carbonyl (C=O) groups excluding carboxylic acids is 1. The second-order valence-electron chi connectivity index (χ2n) is 5.89. The number of rotatable bonds is 6. The number of benzene rings is 1. The summed E-state index contributed by atoms with van der Waals surface area (Å²) in [6.45, 7) is 0.153. The van der Waals surface area contributed by atoms with Gasteiger partial charge in [0.25, 0.3) is 0 Å². The van der Waals surface area contributed by atoms with Crippen LogP contribution >= 0.6 is 0 Å². The Morgan fingerprint density at radius 3 is 2.50 bits per heavy atom. The third kappa shape index (κ3) is 4.48. The number of hydrogen-bond acceptors (Lipinski definition) is 3. The molecule has 0 aliphatic heterocycles. The van der Waals surface area contributed by atoms with Crippen LogP contribution in [0.5, 0.6) is 0 Å². The highest BCUT2D eigenvalue weighted by molar-refractivity contribution is 5.79. The second kappa shape index (κ2) is 7.82. The summed E-state index contributed by atoms with van der Waals surface area (Å²) >= 11 is 0. The van der Waals surface area contributed by atoms with E-state index in [0.717, 1.165) is 31.2 Å². The first kappa shape index (κ1) is 16.3. The molecule has 1 aliphatic rings. The Morgan fingerprint density at radius 2 is 1.91 bits per heavy atom. The van der Waals surface area contributed by atoms with E-state index in [1.54, 1.807) is 0 Å². The highest BCUT2D eigenvalue weighted by Gasteiger charge is 2.31. The van der Waals surface area contributed by atoms with Crippen molar-refractivity contribution in [3.05, 3.63) is 35.9 Å². The zero-order valence-corrected chi connectivity index (χ0v) is 12.9. The lowest BCUT2D eigenvalue weighted by Crippen LogP contribution is -2.43. The Labute approximate surface area is 130 Å². The average Bonchev–Trinajstić information content (AvgIpc) is 3.03. The third-order valence-electron chi connectivity index (χ3n) is 4.28. The molecular formula is C17H23NO4. The number of nitrogens with zero attached hydrogens (tertiary/aromatic N) is 1. The average molecular weight is 305 g/mol. The fourth-order valence-electron chi connectivity index (χ4n) is 2.93. The van der Waals surface area contributed by atoms with E-state index in [1.165, 1.54) is 11.9 Å². The van der Waals surface area contributed by atoms with Crippen molar-refractivity contribution < 1.29 is 19.4 Å². The molecule has 1 saturated carbocycles. The number of carboxylic acids is 1. The molecule has 2 rings (SSSR count). The molecule has 1 aromatic carbocycles. The molecule has 5 nitrogen and oxygen atoms in total. The van der Waals surface area contributed by atoms with Gasteiger partial charge in [-0.3, -0.25) is 4.90 Å². The monoisotopic (exact) mass is 305 g/mol. The highest BCUT2D eigenvalue weighted by atomic mass is 16.6. The van der Waals surface area contributed by atoms with Crippen molar-refractivity contribution in [3.8, 4) is 0 Å². The fourth-order valence-corrected chi connectivity index (χ4v) is 2.93. The number of ether oxygens (including phenoxy) is 1. The first-order valence-corrected chi connectivity index (χ1v) is 7.74. The zero-order valence-electron chi connectivity index (χ0n) is 12.9. The van der Waals surface area contributed by atoms with Crippen LogP contribution in [-0.2, 0) is 16.1 Å². The summed E-state index contributed by atoms with van der Waals surface area (Å²) in [6, 6.07) is 8.53. The number of likely N-dealkylation sites (N-methyl/N-ethyl adjacent to an activating group) is 1. The van der Waals surface area contributed by atoms with Crippen molar-refractivity contribution in [2.75, 3.05) is 7.05 Å². The summed E-state index contributed by atoms with van der Waals surface area (Å²) in [5, 5.41) is 9.39. The van der Waals surface area contributed by atoms with Crippen LogP contribution in [0, 0.1) is 5.92 Å². The van der Waals surface area contributed by atoms with Crippen LogP contribution in [0.1, 0.15) is 37.7 Å². The first-order chi connectivity index (χ1) is 10.6. The molecule has 0 saturated heterocycles. The van der Waals surface area contributed by atoms with Crippen LogP contribution in [-0.4, -0.2) is 35.2 Å². The van der Waals surface area contributed by atoms with Gasteiger partial charge in [0, 0.05) is 7.05 Å². The topological polar surface area (TPSA) is 66.8 Å². The number of carbonyl (C=O) groups is 2. The zero-order chi connectivity index (χ0) is 15.9. The molecule has 5 heteroatoms. The summed E-state index contributed by atoms with van der Waals surface area (Å²) in [7, 11) is 1.50. The largest absolute Gasteiger partial charge is 0.480 e. The summed E-state index contributed by atoms with van der Waals surface area (Å²) in [5.41, 5.74) is 0.881. The van der Waals surface area contributed by atoms with Gasteiger partial charge in [-0.25, -0.2) is 9.59 Å². The minimum atomic E-state index is -0.967. The van der Waals surface area contributed by atoms with Gasteiger partial charge in [0.2, 0.25) is 0 Å². The van der Waals surface area contributed by atoms with E-state index in [-0.39, 0.29) is 6.61 Å². The Kier molecular flexibility index (Phi) is 5.81. The smallest absolute Gasteiger partial charge is 0.410 e. The number of hydrogen-bond donors (Lipinski definition) is 1. The molecule has 1 N–H and O–H groups in total. The maximum Gasteiger partial charge on any atom is 0.410 e. The van der Waals surface area contributed by atoms with E-state index in [9.17, 15) is 14.7 Å². The lowest BCUT2D eigenvalue weighted by atomic mass is 9.98. The molecular weight excluding hydrogens is 282 g/mol. The maximum absolute atomic E-state index is 12.1. The van der Waals surface area contributed by atoms with Crippen LogP contribution < -0.4 is 0 Å². The van der Waals surface area contributed by atoms with Crippen LogP contribution in [0.25, 0.3) is 0 Å². The second-order valence-corrected chi connectivity index (χ2v) is 5.89. The Hall–Kier alpha value is -2.04. The third-order valence-corrected chi connectivity index (χ3v) is 4.28. The standard InChI is InChI=1S/C17H23NO4/c1-18(15(16(19)20)11-13-7-5-6-8-13)17(21)22-12-14-9-3-2-4-10-14/h2-4,9-10,13,15H,5-8,11-12H2,1H3,(H,19,20). The summed E-state index contributed by atoms with van der Waals surface area (Å²) in [4.78, 5) is 24.7. The normalized spacial score (nSPS) is 16.2. The number of aliphatic carboxylic acids is 1. The van der Waals surface area contributed by atoms with Gasteiger partial charge in [0.1, 0.15) is 12.6 Å². The Balaban J connectivity index is 1.89. The number of carboxylic acid groups (broad SMARTS) is 1. The summed E-state index contributed by atoms with van der Waals surface area (Å²) in [6.07, 6.45) is 4.33. The predicted octanol–water partition coefficient (Wildman–Crippen LogP) is 3.29. The lowest BCUT2D eigenvalue weighted by molar-refractivity contribution is -0.143. The van der Waals surface area contributed by atoms with Gasteiger partial charge in [-0.15, -0.1) is 0 Å². The van der Waals surface area contributed by atoms with Crippen LogP contribution in [0.4, 0.5) is 4.79 Å². The van der Waals surface area contributed by atoms with Crippen molar-refractivity contribution in [2.24, 2.45) is 5.92 Å². The van der Waals surface area contributed by atoms with Crippen LogP contribution in [0.2, 0.25) is 0 Å². The molecule has 0 spiro atoms. The van der Waals surface area contributed by atoms with Crippen molar-refractivity contribution in [3.63, 3.8) is 0 Å². The maximum atomic E-state index is 12.1. The van der Waals surface area contributed by atoms with E-state index in [0.29, 0.717) is 12.3 Å². The Morgan fingerprint density at radius 1 is 1.27 bits per heavy atom. The van der Waals surface area contributed by atoms with E-state index >= 15 is 0 Å². The number of amides is 1. The van der Waals surface area contributed by atoms with E-state index in [2.05, 4.69) is 0 Å². The molecule has 0 bridgehead atoms. The lowest BCUT2D eigenvalue weighted by Gasteiger charge is -2.26. The summed E-state index contributed by atoms with van der Waals surface area (Å²) in [5.74, 6) is -0.573. The molecule has 1 aliphatic carbocycles. The fraction of sp³-hybridized carbons (Fsp3) is 0.529. The molecule has 0 radical (unpaired) electrons. The van der Waals surface area contributed by atoms with Gasteiger partial charge in [-0.2, -0.15) is 0 Å². The van der Waals surface area contributed by atoms with Gasteiger partial charge < -0.3 is 9.84 Å². The minimum absolute atomic E-state index is 0.153. The van der Waals surface area contributed by atoms with Crippen molar-refractivity contribution in [1.82, 2.24) is 4.90 Å².